The summed E-state index contributed by atoms with van der Waals surface area (Å²) >= 11 is 0. The topological polar surface area (TPSA) is 69.0 Å². The second-order valence-corrected chi connectivity index (χ2v) is 8.86. The van der Waals surface area contributed by atoms with Crippen molar-refractivity contribution >= 4 is 5.91 Å². The fourth-order valence-electron chi connectivity index (χ4n) is 4.16. The molecule has 0 aliphatic heterocycles. The standard InChI is InChI=1S/C31H28N4O2/c1-23(26-13-15-28(16-14-26)37-22-25-6-4-17-32-20-25)34-31(36)30-8-3-2-7-29(30)27-11-9-24(10-12-27)21-35-19-5-18-33-35/h2-20,23H,21-22H2,1H3,(H,34,36). The number of benzene rings is 3. The molecule has 2 aromatic heterocycles. The van der Waals surface area contributed by atoms with E-state index in [0.717, 1.165) is 33.6 Å². The van der Waals surface area contributed by atoms with E-state index in [1.165, 1.54) is 0 Å². The molecule has 2 heterocycles. The molecule has 0 radical (unpaired) electrons. The third-order valence-corrected chi connectivity index (χ3v) is 6.20. The fourth-order valence-corrected chi connectivity index (χ4v) is 4.16. The summed E-state index contributed by atoms with van der Waals surface area (Å²) in [5.41, 5.74) is 5.71. The van der Waals surface area contributed by atoms with Crippen LogP contribution < -0.4 is 10.1 Å². The van der Waals surface area contributed by atoms with Gasteiger partial charge in [-0.05, 0) is 59.5 Å². The molecule has 0 fully saturated rings. The Kier molecular flexibility index (Phi) is 7.36. The van der Waals surface area contributed by atoms with Crippen LogP contribution in [0.1, 0.15) is 40.0 Å². The molecular formula is C31H28N4O2. The molecule has 0 bridgehead atoms. The average molecular weight is 489 g/mol. The van der Waals surface area contributed by atoms with E-state index in [0.29, 0.717) is 18.7 Å². The molecule has 1 atom stereocenters. The molecular weight excluding hydrogens is 460 g/mol. The zero-order chi connectivity index (χ0) is 25.5. The van der Waals surface area contributed by atoms with Gasteiger partial charge in [0.2, 0.25) is 0 Å². The van der Waals surface area contributed by atoms with Gasteiger partial charge in [-0.25, -0.2) is 0 Å². The number of pyridine rings is 1. The number of aromatic nitrogens is 3. The quantitative estimate of drug-likeness (QED) is 0.274. The SMILES string of the molecule is CC(NC(=O)c1ccccc1-c1ccc(Cn2cccn2)cc1)c1ccc(OCc2cccnc2)cc1. The van der Waals surface area contributed by atoms with Gasteiger partial charge in [-0.1, -0.05) is 60.7 Å². The van der Waals surface area contributed by atoms with Crippen molar-refractivity contribution < 1.29 is 9.53 Å². The first kappa shape index (κ1) is 24.0. The number of nitrogens with zero attached hydrogens (tertiary/aromatic N) is 3. The highest BCUT2D eigenvalue weighted by Crippen LogP contribution is 2.26. The maximum atomic E-state index is 13.3. The Bertz CT molecular complexity index is 1430. The Labute approximate surface area is 216 Å². The van der Waals surface area contributed by atoms with E-state index in [2.05, 4.69) is 39.7 Å². The molecule has 6 nitrogen and oxygen atoms in total. The summed E-state index contributed by atoms with van der Waals surface area (Å²) in [5, 5.41) is 7.40. The van der Waals surface area contributed by atoms with Crippen LogP contribution in [0.2, 0.25) is 0 Å². The number of hydrogen-bond acceptors (Lipinski definition) is 4. The minimum absolute atomic E-state index is 0.111. The third kappa shape index (κ3) is 6.11. The monoisotopic (exact) mass is 488 g/mol. The summed E-state index contributed by atoms with van der Waals surface area (Å²) in [5.74, 6) is 0.660. The number of ether oxygens (including phenoxy) is 1. The molecule has 6 heteroatoms. The van der Waals surface area contributed by atoms with Gasteiger partial charge < -0.3 is 10.1 Å². The summed E-state index contributed by atoms with van der Waals surface area (Å²) in [4.78, 5) is 17.4. The van der Waals surface area contributed by atoms with Crippen LogP contribution in [-0.2, 0) is 13.2 Å². The fraction of sp³-hybridized carbons (Fsp3) is 0.129. The van der Waals surface area contributed by atoms with Gasteiger partial charge >= 0.3 is 0 Å². The largest absolute Gasteiger partial charge is 0.489 e. The predicted molar refractivity (Wildman–Crippen MR) is 144 cm³/mol. The van der Waals surface area contributed by atoms with E-state index < -0.39 is 0 Å². The van der Waals surface area contributed by atoms with Crippen molar-refractivity contribution in [1.82, 2.24) is 20.1 Å². The zero-order valence-electron chi connectivity index (χ0n) is 20.6. The molecule has 5 aromatic rings. The number of nitrogens with one attached hydrogen (secondary N) is 1. The van der Waals surface area contributed by atoms with Crippen LogP contribution in [0, 0.1) is 0 Å². The van der Waals surface area contributed by atoms with Crippen molar-refractivity contribution in [3.8, 4) is 16.9 Å². The van der Waals surface area contributed by atoms with Crippen LogP contribution in [0.15, 0.2) is 116 Å². The van der Waals surface area contributed by atoms with Crippen LogP contribution in [-0.4, -0.2) is 20.7 Å². The van der Waals surface area contributed by atoms with Crippen molar-refractivity contribution in [2.45, 2.75) is 26.1 Å². The first-order valence-corrected chi connectivity index (χ1v) is 12.2. The lowest BCUT2D eigenvalue weighted by atomic mass is 9.97. The zero-order valence-corrected chi connectivity index (χ0v) is 20.6. The molecule has 37 heavy (non-hydrogen) atoms. The van der Waals surface area contributed by atoms with Crippen molar-refractivity contribution in [2.75, 3.05) is 0 Å². The van der Waals surface area contributed by atoms with Gasteiger partial charge in [0.05, 0.1) is 12.6 Å². The number of rotatable bonds is 9. The summed E-state index contributed by atoms with van der Waals surface area (Å²) in [6, 6.07) is 29.4. The number of carbonyl (C=O) groups excluding carboxylic acids is 1. The average Bonchev–Trinajstić information content (AvgIpc) is 3.46. The Morgan fingerprint density at radius 1 is 0.892 bits per heavy atom. The van der Waals surface area contributed by atoms with Crippen LogP contribution >= 0.6 is 0 Å². The van der Waals surface area contributed by atoms with Gasteiger partial charge in [0.25, 0.3) is 5.91 Å². The molecule has 1 unspecified atom stereocenters. The van der Waals surface area contributed by atoms with Gasteiger partial charge in [0.15, 0.2) is 0 Å². The van der Waals surface area contributed by atoms with Crippen molar-refractivity contribution in [1.29, 1.82) is 0 Å². The molecule has 0 aliphatic rings. The molecule has 5 rings (SSSR count). The van der Waals surface area contributed by atoms with E-state index in [4.69, 9.17) is 4.74 Å². The van der Waals surface area contributed by atoms with E-state index in [9.17, 15) is 4.79 Å². The van der Waals surface area contributed by atoms with Gasteiger partial charge in [-0.2, -0.15) is 5.10 Å². The smallest absolute Gasteiger partial charge is 0.252 e. The first-order valence-electron chi connectivity index (χ1n) is 12.2. The Hall–Kier alpha value is -4.71. The summed E-state index contributed by atoms with van der Waals surface area (Å²) in [6.45, 7) is 3.15. The van der Waals surface area contributed by atoms with Crippen molar-refractivity contribution in [2.24, 2.45) is 0 Å². The Morgan fingerprint density at radius 2 is 1.70 bits per heavy atom. The maximum absolute atomic E-state index is 13.3. The van der Waals surface area contributed by atoms with Crippen molar-refractivity contribution in [3.05, 3.63) is 138 Å². The summed E-state index contributed by atoms with van der Waals surface area (Å²) in [6.07, 6.45) is 7.25. The lowest BCUT2D eigenvalue weighted by molar-refractivity contribution is 0.0940. The Morgan fingerprint density at radius 3 is 2.43 bits per heavy atom. The second kappa shape index (κ2) is 11.4. The summed E-state index contributed by atoms with van der Waals surface area (Å²) < 4.78 is 7.73. The third-order valence-electron chi connectivity index (χ3n) is 6.20. The molecule has 0 spiro atoms. The maximum Gasteiger partial charge on any atom is 0.252 e. The van der Waals surface area contributed by atoms with Crippen LogP contribution in [0.5, 0.6) is 5.75 Å². The highest BCUT2D eigenvalue weighted by Gasteiger charge is 2.16. The normalized spacial score (nSPS) is 11.6. The van der Waals surface area contributed by atoms with E-state index in [1.807, 2.05) is 84.5 Å². The first-order chi connectivity index (χ1) is 18.2. The molecule has 184 valence electrons. The van der Waals surface area contributed by atoms with E-state index in [1.54, 1.807) is 18.6 Å². The van der Waals surface area contributed by atoms with E-state index >= 15 is 0 Å². The molecule has 0 aliphatic carbocycles. The summed E-state index contributed by atoms with van der Waals surface area (Å²) in [7, 11) is 0. The number of amides is 1. The van der Waals surface area contributed by atoms with Gasteiger partial charge in [-0.15, -0.1) is 0 Å². The molecule has 0 saturated carbocycles. The van der Waals surface area contributed by atoms with Gasteiger partial charge in [0, 0.05) is 35.9 Å². The van der Waals surface area contributed by atoms with Gasteiger partial charge in [-0.3, -0.25) is 14.5 Å². The van der Waals surface area contributed by atoms with Gasteiger partial charge in [0.1, 0.15) is 12.4 Å². The minimum Gasteiger partial charge on any atom is -0.489 e. The second-order valence-electron chi connectivity index (χ2n) is 8.86. The Balaban J connectivity index is 1.23. The minimum atomic E-state index is -0.163. The molecule has 1 N–H and O–H groups in total. The highest BCUT2D eigenvalue weighted by molar-refractivity contribution is 6.01. The van der Waals surface area contributed by atoms with Crippen LogP contribution in [0.25, 0.3) is 11.1 Å². The highest BCUT2D eigenvalue weighted by atomic mass is 16.5. The van der Waals surface area contributed by atoms with Crippen LogP contribution in [0.3, 0.4) is 0 Å². The molecule has 3 aromatic carbocycles. The lowest BCUT2D eigenvalue weighted by Gasteiger charge is -2.17. The number of carbonyl (C=O) groups is 1. The predicted octanol–water partition coefficient (Wildman–Crippen LogP) is 6.06. The molecule has 0 saturated heterocycles. The number of hydrogen-bond donors (Lipinski definition) is 1. The van der Waals surface area contributed by atoms with Crippen molar-refractivity contribution in [3.63, 3.8) is 0 Å². The van der Waals surface area contributed by atoms with Crippen LogP contribution in [0.4, 0.5) is 0 Å². The lowest BCUT2D eigenvalue weighted by Crippen LogP contribution is -2.27. The molecule has 1 amide bonds. The van der Waals surface area contributed by atoms with E-state index in [-0.39, 0.29) is 11.9 Å².